The molecule has 2 aromatic heterocycles. The molecule has 0 aromatic carbocycles. The van der Waals surface area contributed by atoms with Crippen LogP contribution in [-0.2, 0) is 33.8 Å². The van der Waals surface area contributed by atoms with Crippen LogP contribution in [0.1, 0.15) is 55.3 Å². The van der Waals surface area contributed by atoms with E-state index in [1.165, 1.54) is 11.8 Å². The van der Waals surface area contributed by atoms with Crippen molar-refractivity contribution in [2.75, 3.05) is 0 Å². The third kappa shape index (κ3) is 3.63. The number of aryl methyl sites for hydroxylation is 2. The molecule has 1 saturated carbocycles. The first-order valence-corrected chi connectivity index (χ1v) is 10.3. The predicted molar refractivity (Wildman–Crippen MR) is 102 cm³/mol. The molecule has 2 aromatic rings. The molecule has 2 aliphatic rings. The van der Waals surface area contributed by atoms with Crippen molar-refractivity contribution in [2.24, 2.45) is 5.92 Å². The van der Waals surface area contributed by atoms with Crippen molar-refractivity contribution < 1.29 is 14.3 Å². The first kappa shape index (κ1) is 18.2. The smallest absolute Gasteiger partial charge is 0.329 e. The summed E-state index contributed by atoms with van der Waals surface area (Å²) in [6.07, 6.45) is 6.94. The van der Waals surface area contributed by atoms with E-state index in [9.17, 15) is 14.4 Å². The molecule has 1 amide bonds. The van der Waals surface area contributed by atoms with Crippen molar-refractivity contribution in [2.45, 2.75) is 64.5 Å². The molecular formula is C19H23N3O4S. The molecule has 144 valence electrons. The van der Waals surface area contributed by atoms with Gasteiger partial charge in [0.15, 0.2) is 0 Å². The predicted octanol–water partition coefficient (Wildman–Crippen LogP) is 2.21. The lowest BCUT2D eigenvalue weighted by molar-refractivity contribution is -0.150. The minimum atomic E-state index is -0.633. The molecule has 0 radical (unpaired) electrons. The number of nitrogens with zero attached hydrogens (tertiary/aromatic N) is 1. The summed E-state index contributed by atoms with van der Waals surface area (Å²) in [7, 11) is 0. The molecule has 8 heteroatoms. The maximum atomic E-state index is 12.5. The van der Waals surface area contributed by atoms with Gasteiger partial charge in [0, 0.05) is 11.8 Å². The Balaban J connectivity index is 1.49. The maximum absolute atomic E-state index is 12.5. The molecule has 0 saturated heterocycles. The fourth-order valence-electron chi connectivity index (χ4n) is 4.22. The molecule has 0 spiro atoms. The molecule has 27 heavy (non-hydrogen) atoms. The summed E-state index contributed by atoms with van der Waals surface area (Å²) in [6, 6.07) is -0.633. The number of esters is 1. The summed E-state index contributed by atoms with van der Waals surface area (Å²) >= 11 is 1.56. The van der Waals surface area contributed by atoms with E-state index in [1.54, 1.807) is 11.3 Å². The molecule has 1 fully saturated rings. The minimum absolute atomic E-state index is 0.102. The highest BCUT2D eigenvalue weighted by Crippen LogP contribution is 2.34. The molecule has 2 N–H and O–H groups in total. The number of nitrogens with one attached hydrogen (secondary N) is 2. The summed E-state index contributed by atoms with van der Waals surface area (Å²) in [5.74, 6) is -0.261. The number of aromatic nitrogens is 2. The first-order valence-electron chi connectivity index (χ1n) is 9.50. The zero-order valence-electron chi connectivity index (χ0n) is 15.3. The topological polar surface area (TPSA) is 101 Å². The van der Waals surface area contributed by atoms with E-state index in [0.717, 1.165) is 50.5 Å². The Bertz CT molecular complexity index is 942. The van der Waals surface area contributed by atoms with Crippen molar-refractivity contribution in [1.29, 1.82) is 0 Å². The monoisotopic (exact) mass is 389 g/mol. The van der Waals surface area contributed by atoms with Gasteiger partial charge in [-0.15, -0.1) is 11.3 Å². The fraction of sp³-hybridized carbons (Fsp3) is 0.579. The van der Waals surface area contributed by atoms with Crippen molar-refractivity contribution in [3.63, 3.8) is 0 Å². The van der Waals surface area contributed by atoms with Gasteiger partial charge in [0.2, 0.25) is 5.91 Å². The second-order valence-corrected chi connectivity index (χ2v) is 8.46. The number of hydrogen-bond acceptors (Lipinski definition) is 6. The highest BCUT2D eigenvalue weighted by Gasteiger charge is 2.32. The molecule has 2 heterocycles. The Labute approximate surface area is 160 Å². The van der Waals surface area contributed by atoms with Crippen LogP contribution in [0.4, 0.5) is 0 Å². The molecule has 1 atom stereocenters. The number of thiophene rings is 1. The van der Waals surface area contributed by atoms with Crippen LogP contribution in [-0.4, -0.2) is 27.9 Å². The van der Waals surface area contributed by atoms with E-state index in [1.807, 2.05) is 0 Å². The van der Waals surface area contributed by atoms with E-state index in [-0.39, 0.29) is 24.0 Å². The number of fused-ring (bicyclic) bond motifs is 3. The lowest BCUT2D eigenvalue weighted by atomic mass is 9.98. The van der Waals surface area contributed by atoms with Crippen molar-refractivity contribution >= 4 is 33.4 Å². The van der Waals surface area contributed by atoms with Crippen LogP contribution in [0.5, 0.6) is 0 Å². The maximum Gasteiger partial charge on any atom is 0.329 e. The molecule has 0 unspecified atom stereocenters. The van der Waals surface area contributed by atoms with E-state index in [2.05, 4.69) is 15.3 Å². The lowest BCUT2D eigenvalue weighted by Crippen LogP contribution is -2.45. The van der Waals surface area contributed by atoms with Crippen LogP contribution in [0.2, 0.25) is 0 Å². The summed E-state index contributed by atoms with van der Waals surface area (Å²) in [5.41, 5.74) is 0.957. The summed E-state index contributed by atoms with van der Waals surface area (Å²) in [5, 5.41) is 3.41. The van der Waals surface area contributed by atoms with Crippen LogP contribution < -0.4 is 10.9 Å². The van der Waals surface area contributed by atoms with Crippen LogP contribution in [0.25, 0.3) is 10.2 Å². The normalized spacial score (nSPS) is 17.8. The third-order valence-corrected chi connectivity index (χ3v) is 6.64. The first-order chi connectivity index (χ1) is 13.0. The number of rotatable bonds is 5. The zero-order valence-corrected chi connectivity index (χ0v) is 16.1. The number of carbonyl (C=O) groups is 2. The number of carbonyl (C=O) groups excluding carboxylic acids is 2. The van der Waals surface area contributed by atoms with Crippen LogP contribution in [0.3, 0.4) is 0 Å². The highest BCUT2D eigenvalue weighted by atomic mass is 32.1. The summed E-state index contributed by atoms with van der Waals surface area (Å²) < 4.78 is 5.40. The van der Waals surface area contributed by atoms with Gasteiger partial charge in [0.25, 0.3) is 5.56 Å². The highest BCUT2D eigenvalue weighted by molar-refractivity contribution is 7.18. The lowest BCUT2D eigenvalue weighted by Gasteiger charge is -2.22. The van der Waals surface area contributed by atoms with Crippen molar-refractivity contribution in [3.8, 4) is 0 Å². The quantitative estimate of drug-likeness (QED) is 0.764. The number of amides is 1. The van der Waals surface area contributed by atoms with Crippen LogP contribution in [0, 0.1) is 5.92 Å². The van der Waals surface area contributed by atoms with Gasteiger partial charge in [-0.25, -0.2) is 9.78 Å². The molecule has 2 aliphatic carbocycles. The Morgan fingerprint density at radius 3 is 2.81 bits per heavy atom. The largest absolute Gasteiger partial charge is 0.456 e. The van der Waals surface area contributed by atoms with E-state index in [4.69, 9.17) is 4.74 Å². The number of aromatic amines is 1. The van der Waals surface area contributed by atoms with Gasteiger partial charge in [-0.05, 0) is 43.6 Å². The number of ether oxygens (including phenoxy) is 1. The fourth-order valence-corrected chi connectivity index (χ4v) is 5.50. The second-order valence-electron chi connectivity index (χ2n) is 7.38. The van der Waals surface area contributed by atoms with Gasteiger partial charge in [-0.3, -0.25) is 9.59 Å². The van der Waals surface area contributed by atoms with Gasteiger partial charge >= 0.3 is 5.97 Å². The van der Waals surface area contributed by atoms with E-state index < -0.39 is 12.0 Å². The standard InChI is InChI=1S/C19H23N3O4S/c1-10(23)20-16(11-5-2-3-6-11)19(25)26-9-14-21-17(24)15-12-7-4-8-13(12)27-18(15)22-14/h11,16H,2-9H2,1H3,(H,20,23)(H,21,22,24)/t16-/m1/s1. The number of H-pyrrole nitrogens is 1. The van der Waals surface area contributed by atoms with Crippen LogP contribution >= 0.6 is 11.3 Å². The van der Waals surface area contributed by atoms with E-state index in [0.29, 0.717) is 16.0 Å². The summed E-state index contributed by atoms with van der Waals surface area (Å²) in [6.45, 7) is 1.30. The minimum Gasteiger partial charge on any atom is -0.456 e. The van der Waals surface area contributed by atoms with Crippen molar-refractivity contribution in [3.05, 3.63) is 26.6 Å². The zero-order chi connectivity index (χ0) is 19.0. The molecular weight excluding hydrogens is 366 g/mol. The summed E-state index contributed by atoms with van der Waals surface area (Å²) in [4.78, 5) is 45.7. The third-order valence-electron chi connectivity index (χ3n) is 5.46. The average Bonchev–Trinajstić information content (AvgIpc) is 3.33. The van der Waals surface area contributed by atoms with Gasteiger partial charge < -0.3 is 15.0 Å². The average molecular weight is 389 g/mol. The van der Waals surface area contributed by atoms with E-state index >= 15 is 0 Å². The van der Waals surface area contributed by atoms with Gasteiger partial charge in [0.1, 0.15) is 23.3 Å². The molecule has 7 nitrogen and oxygen atoms in total. The van der Waals surface area contributed by atoms with Crippen LogP contribution in [0.15, 0.2) is 4.79 Å². The second kappa shape index (κ2) is 7.42. The SMILES string of the molecule is CC(=O)N[C@@H](C(=O)OCc1nc2sc3c(c2c(=O)[nH]1)CCC3)C1CCCC1. The number of hydrogen-bond donors (Lipinski definition) is 2. The van der Waals surface area contributed by atoms with Crippen molar-refractivity contribution in [1.82, 2.24) is 15.3 Å². The molecule has 0 bridgehead atoms. The Kier molecular flexibility index (Phi) is 4.99. The molecule has 4 rings (SSSR count). The van der Waals surface area contributed by atoms with Gasteiger partial charge in [-0.2, -0.15) is 0 Å². The Morgan fingerprint density at radius 1 is 1.30 bits per heavy atom. The Hall–Kier alpha value is -2.22. The van der Waals surface area contributed by atoms with Gasteiger partial charge in [0.05, 0.1) is 5.39 Å². The Morgan fingerprint density at radius 2 is 2.07 bits per heavy atom. The van der Waals surface area contributed by atoms with Gasteiger partial charge in [-0.1, -0.05) is 12.8 Å². The molecule has 0 aliphatic heterocycles.